The number of aromatic carboxylic acids is 1. The Morgan fingerprint density at radius 2 is 1.51 bits per heavy atom. The summed E-state index contributed by atoms with van der Waals surface area (Å²) in [7, 11) is 0. The maximum absolute atomic E-state index is 13.0. The van der Waals surface area contributed by atoms with E-state index in [1.54, 1.807) is 11.8 Å². The summed E-state index contributed by atoms with van der Waals surface area (Å²) in [4.78, 5) is 36.2. The molecule has 43 heavy (non-hydrogen) atoms. The van der Waals surface area contributed by atoms with Gasteiger partial charge in [-0.05, 0) is 75.3 Å². The summed E-state index contributed by atoms with van der Waals surface area (Å²) in [6, 6.07) is 3.69. The van der Waals surface area contributed by atoms with Crippen molar-refractivity contribution in [1.29, 1.82) is 0 Å². The third kappa shape index (κ3) is 16.3. The minimum Gasteiger partial charge on any atom is -0.507 e. The van der Waals surface area contributed by atoms with Crippen molar-refractivity contribution < 1.29 is 29.3 Å². The number of phenols is 1. The Kier molecular flexibility index (Phi) is 20.5. The number of allylic oxidation sites excluding steroid dienone is 6. The van der Waals surface area contributed by atoms with E-state index in [0.29, 0.717) is 12.8 Å². The summed E-state index contributed by atoms with van der Waals surface area (Å²) in [5.74, 6) is -0.821. The highest BCUT2D eigenvalue weighted by Crippen LogP contribution is 2.34. The predicted molar refractivity (Wildman–Crippen MR) is 178 cm³/mol. The molecule has 0 unspecified atom stereocenters. The van der Waals surface area contributed by atoms with Crippen molar-refractivity contribution in [3.8, 4) is 5.75 Å². The van der Waals surface area contributed by atoms with Gasteiger partial charge in [0, 0.05) is 5.69 Å². The molecule has 0 fully saturated rings. The van der Waals surface area contributed by atoms with Crippen LogP contribution in [-0.2, 0) is 9.53 Å². The van der Waals surface area contributed by atoms with Gasteiger partial charge in [-0.3, -0.25) is 10.1 Å². The van der Waals surface area contributed by atoms with Crippen molar-refractivity contribution in [2.24, 2.45) is 0 Å². The van der Waals surface area contributed by atoms with Crippen molar-refractivity contribution in [2.75, 3.05) is 24.2 Å². The molecule has 4 N–H and O–H groups in total. The average molecular weight is 617 g/mol. The highest BCUT2D eigenvalue weighted by Gasteiger charge is 2.34. The topological polar surface area (TPSA) is 125 Å². The Morgan fingerprint density at radius 3 is 2.16 bits per heavy atom. The van der Waals surface area contributed by atoms with Gasteiger partial charge in [0.2, 0.25) is 5.91 Å². The first-order valence-corrected chi connectivity index (χ1v) is 16.7. The fourth-order valence-corrected chi connectivity index (χ4v) is 5.77. The van der Waals surface area contributed by atoms with Crippen LogP contribution in [0, 0.1) is 0 Å². The Labute approximate surface area is 262 Å². The Balaban J connectivity index is 2.21. The van der Waals surface area contributed by atoms with Gasteiger partial charge >= 0.3 is 12.1 Å². The van der Waals surface area contributed by atoms with E-state index in [1.165, 1.54) is 44.2 Å². The maximum Gasteiger partial charge on any atom is 0.411 e. The average Bonchev–Trinajstić information content (AvgIpc) is 2.99. The summed E-state index contributed by atoms with van der Waals surface area (Å²) >= 11 is 1.72. The number of carboxylic acid groups (broad SMARTS) is 1. The number of ether oxygens (including phenoxy) is 1. The molecule has 0 saturated heterocycles. The zero-order valence-electron chi connectivity index (χ0n) is 26.2. The first-order chi connectivity index (χ1) is 20.8. The second kappa shape index (κ2) is 23.3. The van der Waals surface area contributed by atoms with E-state index in [-0.39, 0.29) is 30.3 Å². The van der Waals surface area contributed by atoms with E-state index in [4.69, 9.17) is 9.84 Å². The fourth-order valence-electron chi connectivity index (χ4n) is 4.41. The van der Waals surface area contributed by atoms with Crippen LogP contribution in [0.1, 0.15) is 108 Å². The monoisotopic (exact) mass is 616 g/mol. The Bertz CT molecular complexity index is 1050. The molecule has 240 valence electrons. The van der Waals surface area contributed by atoms with Gasteiger partial charge in [0.1, 0.15) is 17.9 Å². The number of carboxylic acids is 1. The van der Waals surface area contributed by atoms with Crippen LogP contribution in [0.2, 0.25) is 0 Å². The molecule has 1 aromatic carbocycles. The molecule has 0 bridgehead atoms. The molecule has 0 aliphatic carbocycles. The van der Waals surface area contributed by atoms with Crippen LogP contribution in [-0.4, -0.2) is 51.8 Å². The van der Waals surface area contributed by atoms with E-state index in [0.717, 1.165) is 43.9 Å². The number of carbonyl (C=O) groups is 3. The first kappa shape index (κ1) is 37.8. The molecule has 0 spiro atoms. The SMILES string of the molecule is CCC=CCC=CCC=CCCCCCCCCSC(CC)(CC)C(=O)NCCOC(=O)Nc1ccc(O)c(C(=O)O)c1. The van der Waals surface area contributed by atoms with Gasteiger partial charge < -0.3 is 20.3 Å². The lowest BCUT2D eigenvalue weighted by molar-refractivity contribution is -0.123. The second-order valence-electron chi connectivity index (χ2n) is 10.3. The third-order valence-electron chi connectivity index (χ3n) is 7.07. The highest BCUT2D eigenvalue weighted by molar-refractivity contribution is 8.01. The lowest BCUT2D eigenvalue weighted by atomic mass is 10.0. The Hall–Kier alpha value is -3.20. The summed E-state index contributed by atoms with van der Waals surface area (Å²) in [5, 5.41) is 24.0. The minimum absolute atomic E-state index is 0.0284. The molecule has 0 aliphatic heterocycles. The largest absolute Gasteiger partial charge is 0.507 e. The van der Waals surface area contributed by atoms with Crippen LogP contribution in [0.4, 0.5) is 10.5 Å². The number of amides is 2. The van der Waals surface area contributed by atoms with Gasteiger partial charge in [0.15, 0.2) is 0 Å². The molecule has 9 heteroatoms. The van der Waals surface area contributed by atoms with Crippen molar-refractivity contribution >= 4 is 35.4 Å². The van der Waals surface area contributed by atoms with Crippen LogP contribution in [0.15, 0.2) is 54.7 Å². The van der Waals surface area contributed by atoms with E-state index in [1.807, 2.05) is 13.8 Å². The van der Waals surface area contributed by atoms with Gasteiger partial charge in [-0.2, -0.15) is 0 Å². The smallest absolute Gasteiger partial charge is 0.411 e. The number of nitrogens with one attached hydrogen (secondary N) is 2. The second-order valence-corrected chi connectivity index (χ2v) is 11.8. The molecule has 1 rings (SSSR count). The van der Waals surface area contributed by atoms with E-state index >= 15 is 0 Å². The summed E-state index contributed by atoms with van der Waals surface area (Å²) in [6.07, 6.45) is 25.5. The summed E-state index contributed by atoms with van der Waals surface area (Å²) in [5.41, 5.74) is -0.147. The highest BCUT2D eigenvalue weighted by atomic mass is 32.2. The standard InChI is InChI=1S/C34H52N2O6S/c1-4-7-8-9-10-11-12-13-14-15-16-17-18-19-20-21-26-43-34(5-2,6-3)32(40)35-24-25-42-33(41)36-28-22-23-30(37)29(27-28)31(38)39/h7-8,10-11,13-14,22-23,27,37H,4-6,9,12,15-21,24-26H2,1-3H3,(H,35,40)(H,36,41)(H,38,39). The van der Waals surface area contributed by atoms with Crippen LogP contribution in [0.5, 0.6) is 5.75 Å². The number of hydrogen-bond donors (Lipinski definition) is 4. The first-order valence-electron chi connectivity index (χ1n) is 15.7. The van der Waals surface area contributed by atoms with E-state index in [9.17, 15) is 19.5 Å². The van der Waals surface area contributed by atoms with Crippen molar-refractivity contribution in [3.05, 3.63) is 60.2 Å². The number of carbonyl (C=O) groups excluding carboxylic acids is 2. The third-order valence-corrected chi connectivity index (χ3v) is 8.88. The van der Waals surface area contributed by atoms with Crippen molar-refractivity contribution in [1.82, 2.24) is 5.32 Å². The molecule has 8 nitrogen and oxygen atoms in total. The molecule has 2 amide bonds. The minimum atomic E-state index is -1.31. The molecule has 0 saturated carbocycles. The lowest BCUT2D eigenvalue weighted by Gasteiger charge is -2.29. The molecular formula is C34H52N2O6S. The molecule has 0 atom stereocenters. The van der Waals surface area contributed by atoms with E-state index < -0.39 is 22.6 Å². The molecule has 0 radical (unpaired) electrons. The number of benzene rings is 1. The van der Waals surface area contributed by atoms with E-state index in [2.05, 4.69) is 54.0 Å². The normalized spacial score (nSPS) is 11.9. The lowest BCUT2D eigenvalue weighted by Crippen LogP contribution is -2.45. The zero-order valence-corrected chi connectivity index (χ0v) is 27.1. The molecule has 0 heterocycles. The quantitative estimate of drug-likeness (QED) is 0.0551. The number of rotatable bonds is 23. The summed E-state index contributed by atoms with van der Waals surface area (Å²) < 4.78 is 4.61. The maximum atomic E-state index is 13.0. The van der Waals surface area contributed by atoms with Gasteiger partial charge in [-0.25, -0.2) is 9.59 Å². The Morgan fingerprint density at radius 1 is 0.884 bits per heavy atom. The van der Waals surface area contributed by atoms with Crippen LogP contribution in [0.3, 0.4) is 0 Å². The number of aromatic hydroxyl groups is 1. The zero-order chi connectivity index (χ0) is 31.8. The molecule has 0 aliphatic rings. The van der Waals surface area contributed by atoms with Gasteiger partial charge in [0.05, 0.1) is 11.3 Å². The number of anilines is 1. The van der Waals surface area contributed by atoms with Gasteiger partial charge in [0.25, 0.3) is 0 Å². The van der Waals surface area contributed by atoms with Crippen LogP contribution in [0.25, 0.3) is 0 Å². The summed E-state index contributed by atoms with van der Waals surface area (Å²) in [6.45, 7) is 6.35. The molecular weight excluding hydrogens is 564 g/mol. The van der Waals surface area contributed by atoms with Crippen molar-refractivity contribution in [3.63, 3.8) is 0 Å². The van der Waals surface area contributed by atoms with Gasteiger partial charge in [-0.15, -0.1) is 11.8 Å². The molecule has 1 aromatic rings. The van der Waals surface area contributed by atoms with Crippen LogP contribution >= 0.6 is 11.8 Å². The fraction of sp³-hybridized carbons (Fsp3) is 0.559. The predicted octanol–water partition coefficient (Wildman–Crippen LogP) is 8.64. The van der Waals surface area contributed by atoms with Gasteiger partial charge in [-0.1, -0.05) is 82.9 Å². The number of hydrogen-bond acceptors (Lipinski definition) is 6. The number of unbranched alkanes of at least 4 members (excludes halogenated alkanes) is 6. The molecule has 0 aromatic heterocycles. The number of thioether (sulfide) groups is 1. The van der Waals surface area contributed by atoms with Crippen LogP contribution < -0.4 is 10.6 Å². The van der Waals surface area contributed by atoms with Crippen molar-refractivity contribution in [2.45, 2.75) is 103 Å².